The molecule has 0 aromatic heterocycles. The monoisotopic (exact) mass is 715 g/mol. The van der Waals surface area contributed by atoms with E-state index < -0.39 is 5.54 Å². The van der Waals surface area contributed by atoms with Gasteiger partial charge in [-0.25, -0.2) is 0 Å². The Labute approximate surface area is 328 Å². The van der Waals surface area contributed by atoms with Crippen LogP contribution in [0, 0.1) is 5.92 Å². The molecule has 0 amide bonds. The summed E-state index contributed by atoms with van der Waals surface area (Å²) in [7, 11) is 0. The molecule has 2 atom stereocenters. The van der Waals surface area contributed by atoms with Crippen LogP contribution < -0.4 is 5.73 Å². The normalized spacial score (nSPS) is 18.2. The van der Waals surface area contributed by atoms with E-state index in [2.05, 4.69) is 208 Å². The first-order valence-electron chi connectivity index (χ1n) is 19.7. The summed E-state index contributed by atoms with van der Waals surface area (Å²) in [6, 6.07) is 63.1. The van der Waals surface area contributed by atoms with Crippen LogP contribution in [-0.2, 0) is 11.0 Å². The number of allylic oxidation sites excluding steroid dienone is 2. The van der Waals surface area contributed by atoms with Gasteiger partial charge in [0.1, 0.15) is 0 Å². The van der Waals surface area contributed by atoms with Crippen molar-refractivity contribution in [2.24, 2.45) is 11.7 Å². The summed E-state index contributed by atoms with van der Waals surface area (Å²) in [4.78, 5) is 0. The van der Waals surface area contributed by atoms with E-state index >= 15 is 0 Å². The molecule has 11 rings (SSSR count). The van der Waals surface area contributed by atoms with Crippen molar-refractivity contribution in [3.63, 3.8) is 0 Å². The van der Waals surface area contributed by atoms with E-state index in [9.17, 15) is 0 Å². The van der Waals surface area contributed by atoms with Gasteiger partial charge in [-0.15, -0.1) is 0 Å². The molecule has 1 nitrogen and oxygen atoms in total. The van der Waals surface area contributed by atoms with Crippen LogP contribution in [0.5, 0.6) is 0 Å². The zero-order valence-corrected chi connectivity index (χ0v) is 31.6. The van der Waals surface area contributed by atoms with Gasteiger partial charge in [0.15, 0.2) is 0 Å². The van der Waals surface area contributed by atoms with Crippen LogP contribution in [0.15, 0.2) is 194 Å². The van der Waals surface area contributed by atoms with Gasteiger partial charge in [0.05, 0.1) is 5.54 Å². The van der Waals surface area contributed by atoms with Gasteiger partial charge in [0.25, 0.3) is 0 Å². The summed E-state index contributed by atoms with van der Waals surface area (Å²) in [5, 5.41) is 10.0. The molecule has 2 aliphatic rings. The molecule has 266 valence electrons. The molecular weight excluding hydrogens is 675 g/mol. The Morgan fingerprint density at radius 3 is 1.57 bits per heavy atom. The van der Waals surface area contributed by atoms with E-state index in [0.29, 0.717) is 0 Å². The summed E-state index contributed by atoms with van der Waals surface area (Å²) in [6.45, 7) is 4.71. The molecule has 0 spiro atoms. The summed E-state index contributed by atoms with van der Waals surface area (Å²) in [6.07, 6.45) is 8.77. The molecule has 56 heavy (non-hydrogen) atoms. The first-order chi connectivity index (χ1) is 27.4. The van der Waals surface area contributed by atoms with E-state index in [1.807, 2.05) is 0 Å². The molecule has 0 bridgehead atoms. The number of hydrogen-bond acceptors (Lipinski definition) is 1. The highest BCUT2D eigenvalue weighted by Crippen LogP contribution is 2.55. The molecule has 0 aliphatic heterocycles. The standard InChI is InChI=1S/C55H41N/c1-54(2)50-34-44(27-29-49(50)55(56)30-10-9-17-51(54)55)53-46-16-8-7-15-45(46)52(38-22-18-37(19-23-38)41-24-20-35-11-3-5-13-39(35)31-41)48-33-43(26-28-47(48)53)42-25-21-36-12-4-6-14-40(36)32-42/h3-34,51H,56H2,1-2H3. The number of hydrogen-bond donors (Lipinski definition) is 1. The minimum Gasteiger partial charge on any atom is -0.318 e. The highest BCUT2D eigenvalue weighted by atomic mass is 14.8. The average molecular weight is 716 g/mol. The van der Waals surface area contributed by atoms with Crippen molar-refractivity contribution in [1.82, 2.24) is 0 Å². The Bertz CT molecular complexity index is 3120. The van der Waals surface area contributed by atoms with Gasteiger partial charge in [-0.2, -0.15) is 0 Å². The minimum atomic E-state index is -0.506. The molecule has 2 N–H and O–H groups in total. The fraction of sp³-hybridized carbons (Fsp3) is 0.0909. The second-order valence-electron chi connectivity index (χ2n) is 16.4. The van der Waals surface area contributed by atoms with Crippen LogP contribution in [0.1, 0.15) is 25.0 Å². The number of fused-ring (bicyclic) bond motifs is 7. The van der Waals surface area contributed by atoms with Crippen LogP contribution in [0.3, 0.4) is 0 Å². The highest BCUT2D eigenvalue weighted by molar-refractivity contribution is 6.22. The zero-order valence-electron chi connectivity index (χ0n) is 31.6. The molecule has 0 saturated carbocycles. The van der Waals surface area contributed by atoms with Gasteiger partial charge in [-0.3, -0.25) is 0 Å². The molecule has 0 radical (unpaired) electrons. The SMILES string of the molecule is CC1(C)c2cc(-c3c4ccccc4c(-c4ccc(-c5ccc6ccccc6c5)cc4)c4cc(-c5ccc6ccccc6c5)ccc34)ccc2C2(N)C=CC=CC12. The van der Waals surface area contributed by atoms with E-state index in [-0.39, 0.29) is 11.3 Å². The smallest absolute Gasteiger partial charge is 0.0673 e. The second kappa shape index (κ2) is 12.2. The first-order valence-corrected chi connectivity index (χ1v) is 19.7. The quantitative estimate of drug-likeness (QED) is 0.180. The molecule has 9 aromatic rings. The minimum absolute atomic E-state index is 0.122. The van der Waals surface area contributed by atoms with Crippen molar-refractivity contribution in [3.8, 4) is 44.5 Å². The average Bonchev–Trinajstić information content (AvgIpc) is 3.43. The maximum Gasteiger partial charge on any atom is 0.0673 e. The van der Waals surface area contributed by atoms with Crippen molar-refractivity contribution >= 4 is 43.1 Å². The fourth-order valence-corrected chi connectivity index (χ4v) is 10.1. The molecule has 0 fully saturated rings. The third kappa shape index (κ3) is 4.91. The molecular formula is C55H41N. The lowest BCUT2D eigenvalue weighted by Crippen LogP contribution is -2.43. The second-order valence-corrected chi connectivity index (χ2v) is 16.4. The van der Waals surface area contributed by atoms with E-state index in [1.165, 1.54) is 98.7 Å². The topological polar surface area (TPSA) is 26.0 Å². The summed E-state index contributed by atoms with van der Waals surface area (Å²) in [5.41, 5.74) is 19.0. The number of benzene rings is 9. The van der Waals surface area contributed by atoms with Crippen LogP contribution in [0.2, 0.25) is 0 Å². The van der Waals surface area contributed by atoms with Crippen LogP contribution in [-0.4, -0.2) is 0 Å². The molecule has 2 aliphatic carbocycles. The van der Waals surface area contributed by atoms with Gasteiger partial charge < -0.3 is 5.73 Å². The van der Waals surface area contributed by atoms with E-state index in [0.717, 1.165) is 0 Å². The Hall–Kier alpha value is -6.54. The summed E-state index contributed by atoms with van der Waals surface area (Å²) >= 11 is 0. The molecule has 2 unspecified atom stereocenters. The number of rotatable bonds is 4. The maximum atomic E-state index is 7.25. The first kappa shape index (κ1) is 32.9. The van der Waals surface area contributed by atoms with Gasteiger partial charge in [-0.1, -0.05) is 190 Å². The van der Waals surface area contributed by atoms with Crippen molar-refractivity contribution < 1.29 is 0 Å². The van der Waals surface area contributed by atoms with E-state index in [1.54, 1.807) is 0 Å². The fourth-order valence-electron chi connectivity index (χ4n) is 10.1. The van der Waals surface area contributed by atoms with E-state index in [4.69, 9.17) is 5.73 Å². The van der Waals surface area contributed by atoms with Crippen molar-refractivity contribution in [2.45, 2.75) is 24.8 Å². The van der Waals surface area contributed by atoms with Crippen LogP contribution in [0.4, 0.5) is 0 Å². The van der Waals surface area contributed by atoms with Crippen molar-refractivity contribution in [3.05, 3.63) is 205 Å². The third-order valence-corrected chi connectivity index (χ3v) is 12.9. The summed E-state index contributed by atoms with van der Waals surface area (Å²) in [5.74, 6) is 0.197. The predicted octanol–water partition coefficient (Wildman–Crippen LogP) is 14.2. The maximum absolute atomic E-state index is 7.25. The van der Waals surface area contributed by atoms with Gasteiger partial charge >= 0.3 is 0 Å². The Balaban J connectivity index is 1.15. The van der Waals surface area contributed by atoms with Gasteiger partial charge in [0, 0.05) is 5.92 Å². The van der Waals surface area contributed by atoms with Crippen molar-refractivity contribution in [2.75, 3.05) is 0 Å². The van der Waals surface area contributed by atoms with Gasteiger partial charge in [0.2, 0.25) is 0 Å². The lowest BCUT2D eigenvalue weighted by Gasteiger charge is -2.35. The zero-order chi connectivity index (χ0) is 37.6. The molecule has 9 aromatic carbocycles. The third-order valence-electron chi connectivity index (χ3n) is 12.9. The molecule has 0 heterocycles. The Morgan fingerprint density at radius 2 is 0.893 bits per heavy atom. The Kier molecular flexibility index (Phi) is 7.18. The largest absolute Gasteiger partial charge is 0.318 e. The lowest BCUT2D eigenvalue weighted by molar-refractivity contribution is 0.312. The van der Waals surface area contributed by atoms with Crippen LogP contribution in [0.25, 0.3) is 87.6 Å². The Morgan fingerprint density at radius 1 is 0.393 bits per heavy atom. The number of nitrogens with two attached hydrogens (primary N) is 1. The predicted molar refractivity (Wildman–Crippen MR) is 239 cm³/mol. The summed E-state index contributed by atoms with van der Waals surface area (Å²) < 4.78 is 0. The molecule has 1 heteroatoms. The van der Waals surface area contributed by atoms with Crippen LogP contribution >= 0.6 is 0 Å². The van der Waals surface area contributed by atoms with Crippen molar-refractivity contribution in [1.29, 1.82) is 0 Å². The van der Waals surface area contributed by atoms with Gasteiger partial charge in [-0.05, 0) is 122 Å². The molecule has 0 saturated heterocycles. The highest BCUT2D eigenvalue weighted by Gasteiger charge is 2.52. The lowest BCUT2D eigenvalue weighted by atomic mass is 9.71.